The van der Waals surface area contributed by atoms with Gasteiger partial charge in [0.1, 0.15) is 0 Å². The first-order valence-corrected chi connectivity index (χ1v) is 11.8. The van der Waals surface area contributed by atoms with Gasteiger partial charge in [0.15, 0.2) is 11.8 Å². The van der Waals surface area contributed by atoms with Crippen molar-refractivity contribution in [3.05, 3.63) is 64.7 Å². The Bertz CT molecular complexity index is 1260. The van der Waals surface area contributed by atoms with Crippen molar-refractivity contribution in [3.8, 4) is 0 Å². The first-order chi connectivity index (χ1) is 16.7. The lowest BCUT2D eigenvalue weighted by molar-refractivity contribution is -0.113. The minimum Gasteiger partial charge on any atom is -0.462 e. The summed E-state index contributed by atoms with van der Waals surface area (Å²) in [7, 11) is 1.83. The summed E-state index contributed by atoms with van der Waals surface area (Å²) in [6, 6.07) is 6.37. The highest BCUT2D eigenvalue weighted by molar-refractivity contribution is 7.99. The third-order valence-corrected chi connectivity index (χ3v) is 6.12. The van der Waals surface area contributed by atoms with E-state index < -0.39 is 24.3 Å². The summed E-state index contributed by atoms with van der Waals surface area (Å²) in [6.07, 6.45) is 3.42. The van der Waals surface area contributed by atoms with Crippen LogP contribution in [0.15, 0.2) is 41.8 Å². The van der Waals surface area contributed by atoms with Crippen LogP contribution in [0.5, 0.6) is 0 Å². The number of amides is 1. The first-order valence-electron chi connectivity index (χ1n) is 10.8. The highest BCUT2D eigenvalue weighted by Gasteiger charge is 2.24. The Morgan fingerprint density at radius 3 is 2.54 bits per heavy atom. The number of carbonyl (C=O) groups excluding carboxylic acids is 4. The molecule has 2 aromatic heterocycles. The Labute approximate surface area is 206 Å². The Balaban J connectivity index is 1.63. The molecule has 0 saturated carbocycles. The van der Waals surface area contributed by atoms with Crippen molar-refractivity contribution in [2.45, 2.75) is 25.9 Å². The smallest absolute Gasteiger partial charge is 0.340 e. The second-order valence-electron chi connectivity index (χ2n) is 7.55. The Morgan fingerprint density at radius 1 is 1.11 bits per heavy atom. The number of aryl methyl sites for hydroxylation is 2. The zero-order valence-electron chi connectivity index (χ0n) is 19.8. The molecule has 11 heteroatoms. The normalized spacial score (nSPS) is 10.6. The molecule has 0 saturated heterocycles. The average molecular weight is 499 g/mol. The monoisotopic (exact) mass is 498 g/mol. The van der Waals surface area contributed by atoms with Crippen molar-refractivity contribution < 1.29 is 28.7 Å². The minimum absolute atomic E-state index is 0.0982. The SMILES string of the molecule is CCOC(=O)c1c(C)[nH]c(C(=O)COC(=O)c2ccccc2NC(=O)CSc2nccn2C)c1C. The van der Waals surface area contributed by atoms with Crippen LogP contribution in [0.3, 0.4) is 0 Å². The van der Waals surface area contributed by atoms with Gasteiger partial charge >= 0.3 is 11.9 Å². The van der Waals surface area contributed by atoms with E-state index in [0.717, 1.165) is 0 Å². The number of esters is 2. The van der Waals surface area contributed by atoms with Crippen LogP contribution in [0.1, 0.15) is 49.4 Å². The maximum Gasteiger partial charge on any atom is 0.340 e. The summed E-state index contributed by atoms with van der Waals surface area (Å²) < 4.78 is 12.0. The second-order valence-corrected chi connectivity index (χ2v) is 8.49. The lowest BCUT2D eigenvalue weighted by atomic mass is 10.1. The molecule has 1 amide bonds. The summed E-state index contributed by atoms with van der Waals surface area (Å²) in [5.74, 6) is -2.01. The predicted molar refractivity (Wildman–Crippen MR) is 130 cm³/mol. The van der Waals surface area contributed by atoms with Crippen molar-refractivity contribution >= 4 is 41.1 Å². The molecule has 0 radical (unpaired) electrons. The van der Waals surface area contributed by atoms with Gasteiger partial charge in [-0.05, 0) is 38.5 Å². The fourth-order valence-electron chi connectivity index (χ4n) is 3.40. The molecular weight excluding hydrogens is 472 g/mol. The molecule has 2 N–H and O–H groups in total. The van der Waals surface area contributed by atoms with Crippen LogP contribution in [-0.2, 0) is 21.3 Å². The highest BCUT2D eigenvalue weighted by Crippen LogP contribution is 2.21. The van der Waals surface area contributed by atoms with Gasteiger partial charge in [-0.1, -0.05) is 23.9 Å². The molecule has 35 heavy (non-hydrogen) atoms. The molecule has 0 unspecified atom stereocenters. The quantitative estimate of drug-likeness (QED) is 0.247. The summed E-state index contributed by atoms with van der Waals surface area (Å²) in [6.45, 7) is 4.65. The molecule has 2 heterocycles. The number of para-hydroxylation sites is 1. The van der Waals surface area contributed by atoms with Crippen LogP contribution in [-0.4, -0.2) is 57.1 Å². The standard InChI is InChI=1S/C24H26N4O6S/c1-5-33-23(32)20-14(2)21(26-15(20)3)18(29)12-34-22(31)16-8-6-7-9-17(16)27-19(30)13-35-24-25-10-11-28(24)4/h6-11,26H,5,12-13H2,1-4H3,(H,27,30). The molecule has 0 aliphatic heterocycles. The molecule has 0 bridgehead atoms. The Hall–Kier alpha value is -3.86. The van der Waals surface area contributed by atoms with Crippen molar-refractivity contribution in [1.29, 1.82) is 0 Å². The van der Waals surface area contributed by atoms with Crippen LogP contribution in [0.2, 0.25) is 0 Å². The van der Waals surface area contributed by atoms with E-state index in [1.54, 1.807) is 55.9 Å². The van der Waals surface area contributed by atoms with Gasteiger partial charge in [0, 0.05) is 25.1 Å². The second kappa shape index (κ2) is 11.5. The van der Waals surface area contributed by atoms with Gasteiger partial charge in [0.2, 0.25) is 11.7 Å². The molecule has 0 aliphatic carbocycles. The number of ether oxygens (including phenoxy) is 2. The molecule has 0 fully saturated rings. The van der Waals surface area contributed by atoms with E-state index in [4.69, 9.17) is 9.47 Å². The molecule has 3 rings (SSSR count). The zero-order valence-corrected chi connectivity index (χ0v) is 20.7. The van der Waals surface area contributed by atoms with E-state index in [1.807, 2.05) is 7.05 Å². The summed E-state index contributed by atoms with van der Waals surface area (Å²) in [5, 5.41) is 3.38. The van der Waals surface area contributed by atoms with E-state index in [1.165, 1.54) is 17.8 Å². The van der Waals surface area contributed by atoms with Crippen molar-refractivity contribution in [2.24, 2.45) is 7.05 Å². The molecular formula is C24H26N4O6S. The van der Waals surface area contributed by atoms with Crippen molar-refractivity contribution in [1.82, 2.24) is 14.5 Å². The van der Waals surface area contributed by atoms with Gasteiger partial charge in [-0.15, -0.1) is 0 Å². The van der Waals surface area contributed by atoms with Gasteiger partial charge in [0.25, 0.3) is 0 Å². The van der Waals surface area contributed by atoms with Crippen LogP contribution >= 0.6 is 11.8 Å². The largest absolute Gasteiger partial charge is 0.462 e. The number of nitrogens with zero attached hydrogens (tertiary/aromatic N) is 2. The first kappa shape index (κ1) is 25.8. The topological polar surface area (TPSA) is 132 Å². The molecule has 1 aromatic carbocycles. The number of benzene rings is 1. The maximum absolute atomic E-state index is 12.7. The number of hydrogen-bond acceptors (Lipinski definition) is 8. The van der Waals surface area contributed by atoms with Crippen LogP contribution < -0.4 is 5.32 Å². The Kier molecular flexibility index (Phi) is 8.48. The zero-order chi connectivity index (χ0) is 25.5. The summed E-state index contributed by atoms with van der Waals surface area (Å²) in [5.41, 5.74) is 1.77. The number of anilines is 1. The predicted octanol–water partition coefficient (Wildman–Crippen LogP) is 3.31. The molecule has 184 valence electrons. The number of thioether (sulfide) groups is 1. The lowest BCUT2D eigenvalue weighted by Gasteiger charge is -2.11. The summed E-state index contributed by atoms with van der Waals surface area (Å²) >= 11 is 1.26. The lowest BCUT2D eigenvalue weighted by Crippen LogP contribution is -2.19. The van der Waals surface area contributed by atoms with E-state index in [0.29, 0.717) is 16.4 Å². The van der Waals surface area contributed by atoms with Crippen LogP contribution in [0, 0.1) is 13.8 Å². The molecule has 10 nitrogen and oxygen atoms in total. The molecule has 0 aliphatic rings. The average Bonchev–Trinajstić information content (AvgIpc) is 3.37. The number of aromatic nitrogens is 3. The van der Waals surface area contributed by atoms with Gasteiger partial charge < -0.3 is 24.3 Å². The van der Waals surface area contributed by atoms with Crippen molar-refractivity contribution in [3.63, 3.8) is 0 Å². The Morgan fingerprint density at radius 2 is 1.86 bits per heavy atom. The minimum atomic E-state index is -0.766. The van der Waals surface area contributed by atoms with E-state index in [2.05, 4.69) is 15.3 Å². The van der Waals surface area contributed by atoms with Gasteiger partial charge in [-0.3, -0.25) is 9.59 Å². The number of hydrogen-bond donors (Lipinski definition) is 2. The van der Waals surface area contributed by atoms with Gasteiger partial charge in [-0.2, -0.15) is 0 Å². The fraction of sp³-hybridized carbons (Fsp3) is 0.292. The molecule has 3 aromatic rings. The number of imidazole rings is 1. The fourth-order valence-corrected chi connectivity index (χ4v) is 4.13. The van der Waals surface area contributed by atoms with Crippen LogP contribution in [0.4, 0.5) is 5.69 Å². The maximum atomic E-state index is 12.7. The van der Waals surface area contributed by atoms with Gasteiger partial charge in [0.05, 0.1) is 34.9 Å². The van der Waals surface area contributed by atoms with E-state index in [-0.39, 0.29) is 40.8 Å². The van der Waals surface area contributed by atoms with Gasteiger partial charge in [-0.25, -0.2) is 14.6 Å². The van der Waals surface area contributed by atoms with E-state index >= 15 is 0 Å². The number of aromatic amines is 1. The van der Waals surface area contributed by atoms with Crippen LogP contribution in [0.25, 0.3) is 0 Å². The third-order valence-electron chi connectivity index (χ3n) is 5.06. The van der Waals surface area contributed by atoms with E-state index in [9.17, 15) is 19.2 Å². The number of ketones is 1. The van der Waals surface area contributed by atoms with Crippen molar-refractivity contribution in [2.75, 3.05) is 24.3 Å². The number of H-pyrrole nitrogens is 1. The number of Topliss-reactive ketones (excluding diaryl/α,β-unsaturated/α-hetero) is 1. The molecule has 0 spiro atoms. The number of carbonyl (C=O) groups is 4. The number of nitrogens with one attached hydrogen (secondary N) is 2. The summed E-state index contributed by atoms with van der Waals surface area (Å²) in [4.78, 5) is 57.0. The number of rotatable bonds is 10. The third kappa shape index (κ3) is 6.18. The molecule has 0 atom stereocenters. The highest BCUT2D eigenvalue weighted by atomic mass is 32.2.